The number of hydrogen-bond donors (Lipinski definition) is 0. The largest absolute Gasteiger partial charge is 0.0654 e. The van der Waals surface area contributed by atoms with E-state index in [4.69, 9.17) is 0 Å². The van der Waals surface area contributed by atoms with E-state index in [9.17, 15) is 0 Å². The first-order valence-electron chi connectivity index (χ1n) is 7.99. The first-order chi connectivity index (χ1) is 7.99. The minimum absolute atomic E-state index is 0.656. The summed E-state index contributed by atoms with van der Waals surface area (Å²) in [6, 6.07) is 0. The van der Waals surface area contributed by atoms with Crippen LogP contribution in [0.1, 0.15) is 79.6 Å². The van der Waals surface area contributed by atoms with Crippen LogP contribution in [-0.4, -0.2) is 0 Å². The summed E-state index contributed by atoms with van der Waals surface area (Å²) in [6.45, 7) is 12.4. The van der Waals surface area contributed by atoms with Crippen molar-refractivity contribution in [3.8, 4) is 0 Å². The van der Waals surface area contributed by atoms with Gasteiger partial charge in [-0.05, 0) is 60.7 Å². The molecule has 0 heterocycles. The Morgan fingerprint density at radius 1 is 1.18 bits per heavy atom. The van der Waals surface area contributed by atoms with Gasteiger partial charge in [0.05, 0.1) is 0 Å². The van der Waals surface area contributed by atoms with Gasteiger partial charge in [-0.25, -0.2) is 0 Å². The number of hydrogen-bond acceptors (Lipinski definition) is 0. The highest BCUT2D eigenvalue weighted by Gasteiger charge is 2.60. The third-order valence-electron chi connectivity index (χ3n) is 6.34. The molecule has 0 amide bonds. The molecule has 2 saturated carbocycles. The molecule has 0 aromatic carbocycles. The summed E-state index contributed by atoms with van der Waals surface area (Å²) in [5, 5.41) is 0. The van der Waals surface area contributed by atoms with Gasteiger partial charge in [-0.3, -0.25) is 0 Å². The SMILES string of the molecule is CCCCC(C)(C1CC1C)C1(CC)CC(C)C1. The minimum Gasteiger partial charge on any atom is -0.0654 e. The standard InChI is InChI=1S/C17H32/c1-6-8-9-16(5,15-10-14(15)4)17(7-2)11-13(3)12-17/h13-15H,6-12H2,1-5H3. The quantitative estimate of drug-likeness (QED) is 0.558. The van der Waals surface area contributed by atoms with Crippen molar-refractivity contribution in [1.82, 2.24) is 0 Å². The van der Waals surface area contributed by atoms with Gasteiger partial charge in [0.15, 0.2) is 0 Å². The molecule has 2 aliphatic rings. The first-order valence-corrected chi connectivity index (χ1v) is 7.99. The topological polar surface area (TPSA) is 0 Å². The maximum Gasteiger partial charge on any atom is -0.0238 e. The van der Waals surface area contributed by atoms with Crippen molar-refractivity contribution >= 4 is 0 Å². The molecule has 3 atom stereocenters. The normalized spacial score (nSPS) is 43.9. The second kappa shape index (κ2) is 4.59. The Balaban J connectivity index is 2.14. The number of unbranched alkanes of at least 4 members (excludes halogenated alkanes) is 1. The zero-order valence-corrected chi connectivity index (χ0v) is 12.7. The van der Waals surface area contributed by atoms with Crippen molar-refractivity contribution in [2.24, 2.45) is 28.6 Å². The molecule has 0 aliphatic heterocycles. The fourth-order valence-corrected chi connectivity index (χ4v) is 5.03. The summed E-state index contributed by atoms with van der Waals surface area (Å²) in [5.41, 5.74) is 1.36. The molecule has 0 heteroatoms. The second-order valence-electron chi connectivity index (χ2n) is 7.49. The molecule has 0 aromatic rings. The molecule has 100 valence electrons. The summed E-state index contributed by atoms with van der Waals surface area (Å²) < 4.78 is 0. The Hall–Kier alpha value is 0. The van der Waals surface area contributed by atoms with E-state index in [1.165, 1.54) is 44.9 Å². The zero-order chi connectivity index (χ0) is 12.7. The van der Waals surface area contributed by atoms with Crippen molar-refractivity contribution < 1.29 is 0 Å². The summed E-state index contributed by atoms with van der Waals surface area (Å²) in [5.74, 6) is 3.04. The Morgan fingerprint density at radius 2 is 1.76 bits per heavy atom. The molecule has 2 fully saturated rings. The molecule has 2 aliphatic carbocycles. The average Bonchev–Trinajstić information content (AvgIpc) is 2.99. The molecule has 0 aromatic heterocycles. The van der Waals surface area contributed by atoms with E-state index in [-0.39, 0.29) is 0 Å². The molecule has 0 bridgehead atoms. The van der Waals surface area contributed by atoms with Crippen LogP contribution in [0.2, 0.25) is 0 Å². The van der Waals surface area contributed by atoms with Gasteiger partial charge in [0.1, 0.15) is 0 Å². The van der Waals surface area contributed by atoms with Gasteiger partial charge < -0.3 is 0 Å². The van der Waals surface area contributed by atoms with E-state index >= 15 is 0 Å². The molecule has 0 saturated heterocycles. The van der Waals surface area contributed by atoms with Crippen LogP contribution in [0.4, 0.5) is 0 Å². The predicted octanol–water partition coefficient (Wildman–Crippen LogP) is 5.67. The molecular weight excluding hydrogens is 204 g/mol. The summed E-state index contributed by atoms with van der Waals surface area (Å²) in [7, 11) is 0. The van der Waals surface area contributed by atoms with Crippen molar-refractivity contribution in [3.63, 3.8) is 0 Å². The molecule has 0 radical (unpaired) electrons. The van der Waals surface area contributed by atoms with Gasteiger partial charge in [0.25, 0.3) is 0 Å². The smallest absolute Gasteiger partial charge is 0.0238 e. The van der Waals surface area contributed by atoms with Gasteiger partial charge in [0, 0.05) is 0 Å². The van der Waals surface area contributed by atoms with Crippen LogP contribution in [0.15, 0.2) is 0 Å². The third kappa shape index (κ3) is 2.06. The van der Waals surface area contributed by atoms with Crippen LogP contribution in [0, 0.1) is 28.6 Å². The van der Waals surface area contributed by atoms with Crippen molar-refractivity contribution in [2.75, 3.05) is 0 Å². The van der Waals surface area contributed by atoms with Crippen LogP contribution in [-0.2, 0) is 0 Å². The van der Waals surface area contributed by atoms with E-state index in [1.54, 1.807) is 0 Å². The first kappa shape index (κ1) is 13.4. The predicted molar refractivity (Wildman–Crippen MR) is 76.0 cm³/mol. The molecule has 0 N–H and O–H groups in total. The van der Waals surface area contributed by atoms with E-state index < -0.39 is 0 Å². The minimum atomic E-state index is 0.656. The molecular formula is C17H32. The van der Waals surface area contributed by atoms with Gasteiger partial charge in [-0.1, -0.05) is 47.5 Å². The lowest BCUT2D eigenvalue weighted by molar-refractivity contribution is -0.0909. The van der Waals surface area contributed by atoms with E-state index in [0.717, 1.165) is 17.8 Å². The highest BCUT2D eigenvalue weighted by molar-refractivity contribution is 5.09. The highest BCUT2D eigenvalue weighted by Crippen LogP contribution is 2.69. The van der Waals surface area contributed by atoms with Gasteiger partial charge >= 0.3 is 0 Å². The van der Waals surface area contributed by atoms with Gasteiger partial charge in [-0.2, -0.15) is 0 Å². The third-order valence-corrected chi connectivity index (χ3v) is 6.34. The monoisotopic (exact) mass is 236 g/mol. The molecule has 0 nitrogen and oxygen atoms in total. The zero-order valence-electron chi connectivity index (χ0n) is 12.7. The molecule has 3 unspecified atom stereocenters. The fraction of sp³-hybridized carbons (Fsp3) is 1.00. The van der Waals surface area contributed by atoms with E-state index in [2.05, 4.69) is 34.6 Å². The lowest BCUT2D eigenvalue weighted by Crippen LogP contribution is -2.50. The fourth-order valence-electron chi connectivity index (χ4n) is 5.03. The van der Waals surface area contributed by atoms with E-state index in [1.807, 2.05) is 0 Å². The molecule has 17 heavy (non-hydrogen) atoms. The van der Waals surface area contributed by atoms with E-state index in [0.29, 0.717) is 10.8 Å². The Kier molecular flexibility index (Phi) is 3.63. The van der Waals surface area contributed by atoms with Gasteiger partial charge in [-0.15, -0.1) is 0 Å². The van der Waals surface area contributed by atoms with Crippen LogP contribution in [0.3, 0.4) is 0 Å². The van der Waals surface area contributed by atoms with Crippen LogP contribution in [0.5, 0.6) is 0 Å². The van der Waals surface area contributed by atoms with Crippen molar-refractivity contribution in [2.45, 2.75) is 79.6 Å². The Labute approximate surface area is 109 Å². The van der Waals surface area contributed by atoms with Crippen molar-refractivity contribution in [1.29, 1.82) is 0 Å². The summed E-state index contributed by atoms with van der Waals surface area (Å²) in [4.78, 5) is 0. The van der Waals surface area contributed by atoms with Crippen LogP contribution in [0.25, 0.3) is 0 Å². The summed E-state index contributed by atoms with van der Waals surface area (Å²) >= 11 is 0. The Bertz CT molecular complexity index is 261. The molecule has 2 rings (SSSR count). The lowest BCUT2D eigenvalue weighted by atomic mass is 9.46. The van der Waals surface area contributed by atoms with Crippen molar-refractivity contribution in [3.05, 3.63) is 0 Å². The molecule has 0 spiro atoms. The number of rotatable bonds is 6. The second-order valence-corrected chi connectivity index (χ2v) is 7.49. The lowest BCUT2D eigenvalue weighted by Gasteiger charge is -2.59. The average molecular weight is 236 g/mol. The Morgan fingerprint density at radius 3 is 2.12 bits per heavy atom. The highest BCUT2D eigenvalue weighted by atomic mass is 14.6. The van der Waals surface area contributed by atoms with Crippen LogP contribution < -0.4 is 0 Å². The maximum absolute atomic E-state index is 2.65. The van der Waals surface area contributed by atoms with Crippen LogP contribution >= 0.6 is 0 Å². The van der Waals surface area contributed by atoms with Gasteiger partial charge in [0.2, 0.25) is 0 Å². The summed E-state index contributed by atoms with van der Waals surface area (Å²) in [6.07, 6.45) is 10.2. The maximum atomic E-state index is 2.65.